The number of carbonyl (C=O) groups is 2. The molecule has 0 saturated carbocycles. The first-order valence-corrected chi connectivity index (χ1v) is 6.79. The second kappa shape index (κ2) is 6.41. The molecule has 0 aliphatic rings. The van der Waals surface area contributed by atoms with Gasteiger partial charge in [-0.2, -0.15) is 0 Å². The van der Waals surface area contributed by atoms with Crippen LogP contribution in [0.15, 0.2) is 54.6 Å². The third-order valence-electron chi connectivity index (χ3n) is 3.34. The molecular weight excluding hydrogens is 282 g/mol. The summed E-state index contributed by atoms with van der Waals surface area (Å²) in [4.78, 5) is 22.2. The lowest BCUT2D eigenvalue weighted by Gasteiger charge is -2.28. The molecule has 1 atom stereocenters. The predicted molar refractivity (Wildman–Crippen MR) is 82.4 cm³/mol. The molecule has 1 amide bonds. The highest BCUT2D eigenvalue weighted by Crippen LogP contribution is 2.33. The highest BCUT2D eigenvalue weighted by molar-refractivity contribution is 5.88. The van der Waals surface area contributed by atoms with Crippen molar-refractivity contribution in [3.8, 4) is 0 Å². The number of benzene rings is 2. The molecular formula is C17H17NO4. The first-order valence-electron chi connectivity index (χ1n) is 6.79. The zero-order chi connectivity index (χ0) is 16.2. The quantitative estimate of drug-likeness (QED) is 0.791. The van der Waals surface area contributed by atoms with Gasteiger partial charge in [0.05, 0.1) is 6.42 Å². The summed E-state index contributed by atoms with van der Waals surface area (Å²) in [7, 11) is 0. The van der Waals surface area contributed by atoms with E-state index < -0.39 is 18.0 Å². The molecule has 0 aromatic heterocycles. The molecule has 0 heterocycles. The van der Waals surface area contributed by atoms with Crippen LogP contribution in [0.1, 0.15) is 24.5 Å². The molecule has 0 spiro atoms. The van der Waals surface area contributed by atoms with Crippen molar-refractivity contribution in [3.63, 3.8) is 0 Å². The van der Waals surface area contributed by atoms with Crippen molar-refractivity contribution in [2.45, 2.75) is 18.9 Å². The minimum atomic E-state index is -1.62. The smallest absolute Gasteiger partial charge is 0.306 e. The molecule has 5 nitrogen and oxygen atoms in total. The zero-order valence-corrected chi connectivity index (χ0v) is 12.1. The van der Waals surface area contributed by atoms with Crippen molar-refractivity contribution in [2.24, 2.45) is 0 Å². The van der Waals surface area contributed by atoms with Crippen LogP contribution in [-0.4, -0.2) is 22.1 Å². The minimum absolute atomic E-state index is 0.198. The Morgan fingerprint density at radius 2 is 1.55 bits per heavy atom. The molecule has 5 heteroatoms. The topological polar surface area (TPSA) is 86.6 Å². The number of anilines is 1. The first-order chi connectivity index (χ1) is 10.4. The molecule has 2 rings (SSSR count). The summed E-state index contributed by atoms with van der Waals surface area (Å²) in [5.41, 5.74) is -0.0798. The van der Waals surface area contributed by atoms with Crippen LogP contribution in [0.5, 0.6) is 0 Å². The molecule has 2 aromatic rings. The zero-order valence-electron chi connectivity index (χ0n) is 12.1. The lowest BCUT2D eigenvalue weighted by Crippen LogP contribution is -2.30. The predicted octanol–water partition coefficient (Wildman–Crippen LogP) is 2.36. The number of carboxylic acid groups (broad SMARTS) is 1. The van der Waals surface area contributed by atoms with E-state index in [0.29, 0.717) is 16.8 Å². The van der Waals surface area contributed by atoms with E-state index in [4.69, 9.17) is 5.11 Å². The van der Waals surface area contributed by atoms with Crippen molar-refractivity contribution in [1.82, 2.24) is 0 Å². The Bertz CT molecular complexity index is 667. The van der Waals surface area contributed by atoms with Crippen molar-refractivity contribution in [3.05, 3.63) is 65.7 Å². The number of carboxylic acids is 1. The van der Waals surface area contributed by atoms with Gasteiger partial charge < -0.3 is 15.5 Å². The summed E-state index contributed by atoms with van der Waals surface area (Å²) in [5.74, 6) is -1.30. The number of hydrogen-bond acceptors (Lipinski definition) is 3. The summed E-state index contributed by atoms with van der Waals surface area (Å²) in [6.07, 6.45) is -0.448. The van der Waals surface area contributed by atoms with Crippen LogP contribution >= 0.6 is 0 Å². The van der Waals surface area contributed by atoms with Gasteiger partial charge in [-0.05, 0) is 23.3 Å². The number of hydrogen-bond donors (Lipinski definition) is 3. The number of carbonyl (C=O) groups excluding carboxylic acids is 1. The number of amides is 1. The Morgan fingerprint density at radius 1 is 1.00 bits per heavy atom. The van der Waals surface area contributed by atoms with E-state index in [0.717, 1.165) is 0 Å². The normalized spacial score (nSPS) is 13.2. The van der Waals surface area contributed by atoms with Gasteiger partial charge in [0, 0.05) is 12.6 Å². The molecule has 0 saturated heterocycles. The second-order valence-electron chi connectivity index (χ2n) is 5.06. The molecule has 0 aliphatic carbocycles. The van der Waals surface area contributed by atoms with E-state index in [-0.39, 0.29) is 5.91 Å². The highest BCUT2D eigenvalue weighted by Gasteiger charge is 2.34. The summed E-state index contributed by atoms with van der Waals surface area (Å²) in [6, 6.07) is 15.1. The molecule has 114 valence electrons. The Morgan fingerprint density at radius 3 is 2.05 bits per heavy atom. The molecule has 0 bridgehead atoms. The molecule has 0 aliphatic heterocycles. The maximum absolute atomic E-state index is 11.2. The van der Waals surface area contributed by atoms with E-state index in [2.05, 4.69) is 5.32 Å². The molecule has 0 unspecified atom stereocenters. The molecule has 3 N–H and O–H groups in total. The monoisotopic (exact) mass is 299 g/mol. The van der Waals surface area contributed by atoms with Gasteiger partial charge in [0.25, 0.3) is 0 Å². The molecule has 2 aromatic carbocycles. The van der Waals surface area contributed by atoms with Gasteiger partial charge in [-0.1, -0.05) is 42.5 Å². The number of aliphatic hydroxyl groups is 1. The minimum Gasteiger partial charge on any atom is -0.481 e. The van der Waals surface area contributed by atoms with E-state index in [9.17, 15) is 14.7 Å². The van der Waals surface area contributed by atoms with E-state index in [1.807, 2.05) is 0 Å². The number of aliphatic carboxylic acids is 1. The van der Waals surface area contributed by atoms with Gasteiger partial charge in [-0.25, -0.2) is 0 Å². The van der Waals surface area contributed by atoms with E-state index >= 15 is 0 Å². The molecule has 0 fully saturated rings. The van der Waals surface area contributed by atoms with Crippen LogP contribution in [0.25, 0.3) is 0 Å². The van der Waals surface area contributed by atoms with Crippen LogP contribution in [0, 0.1) is 0 Å². The van der Waals surface area contributed by atoms with E-state index in [1.54, 1.807) is 54.6 Å². The van der Waals surface area contributed by atoms with Crippen LogP contribution in [0.3, 0.4) is 0 Å². The van der Waals surface area contributed by atoms with E-state index in [1.165, 1.54) is 6.92 Å². The Labute approximate surface area is 128 Å². The average Bonchev–Trinajstić information content (AvgIpc) is 2.47. The van der Waals surface area contributed by atoms with Gasteiger partial charge in [0.15, 0.2) is 0 Å². The Hall–Kier alpha value is -2.66. The number of rotatable bonds is 5. The standard InChI is InChI=1S/C17H17NO4/c1-12(19)18-15-9-7-14(8-10-15)17(22,11-16(20)21)13-5-3-2-4-6-13/h2-10,22H,11H2,1H3,(H,18,19)(H,20,21)/t17-/m0/s1. The summed E-state index contributed by atoms with van der Waals surface area (Å²) < 4.78 is 0. The van der Waals surface area contributed by atoms with Crippen molar-refractivity contribution in [1.29, 1.82) is 0 Å². The third kappa shape index (κ3) is 3.51. The summed E-state index contributed by atoms with van der Waals surface area (Å²) in [6.45, 7) is 1.40. The van der Waals surface area contributed by atoms with Gasteiger partial charge in [-0.15, -0.1) is 0 Å². The van der Waals surface area contributed by atoms with Crippen LogP contribution in [-0.2, 0) is 15.2 Å². The van der Waals surface area contributed by atoms with Crippen LogP contribution in [0.2, 0.25) is 0 Å². The maximum Gasteiger partial charge on any atom is 0.306 e. The highest BCUT2D eigenvalue weighted by atomic mass is 16.4. The fourth-order valence-corrected chi connectivity index (χ4v) is 2.34. The Balaban J connectivity index is 2.41. The third-order valence-corrected chi connectivity index (χ3v) is 3.34. The summed E-state index contributed by atoms with van der Waals surface area (Å²) >= 11 is 0. The van der Waals surface area contributed by atoms with Gasteiger partial charge in [-0.3, -0.25) is 9.59 Å². The van der Waals surface area contributed by atoms with Crippen molar-refractivity contribution in [2.75, 3.05) is 5.32 Å². The van der Waals surface area contributed by atoms with Crippen LogP contribution < -0.4 is 5.32 Å². The lowest BCUT2D eigenvalue weighted by molar-refractivity contribution is -0.141. The fourth-order valence-electron chi connectivity index (χ4n) is 2.34. The summed E-state index contributed by atoms with van der Waals surface area (Å²) in [5, 5.41) is 22.7. The second-order valence-corrected chi connectivity index (χ2v) is 5.06. The maximum atomic E-state index is 11.2. The molecule has 0 radical (unpaired) electrons. The van der Waals surface area contributed by atoms with Gasteiger partial charge in [0.1, 0.15) is 5.60 Å². The SMILES string of the molecule is CC(=O)Nc1ccc([C@](O)(CC(=O)O)c2ccccc2)cc1. The molecule has 22 heavy (non-hydrogen) atoms. The largest absolute Gasteiger partial charge is 0.481 e. The Kier molecular flexibility index (Phi) is 4.58. The van der Waals surface area contributed by atoms with Crippen molar-refractivity contribution >= 4 is 17.6 Å². The van der Waals surface area contributed by atoms with Gasteiger partial charge >= 0.3 is 5.97 Å². The van der Waals surface area contributed by atoms with Gasteiger partial charge in [0.2, 0.25) is 5.91 Å². The average molecular weight is 299 g/mol. The van der Waals surface area contributed by atoms with Crippen LogP contribution in [0.4, 0.5) is 5.69 Å². The van der Waals surface area contributed by atoms with Crippen molar-refractivity contribution < 1.29 is 19.8 Å². The number of nitrogens with one attached hydrogen (secondary N) is 1. The lowest BCUT2D eigenvalue weighted by atomic mass is 9.83. The first kappa shape index (κ1) is 15.7. The fraction of sp³-hybridized carbons (Fsp3) is 0.176.